The second kappa shape index (κ2) is 5.22. The van der Waals surface area contributed by atoms with E-state index in [9.17, 15) is 4.79 Å². The summed E-state index contributed by atoms with van der Waals surface area (Å²) in [6.45, 7) is 4.87. The molecule has 0 aliphatic carbocycles. The summed E-state index contributed by atoms with van der Waals surface area (Å²) in [4.78, 5) is 14.8. The largest absolute Gasteiger partial charge is 0.486 e. The zero-order valence-corrected chi connectivity index (χ0v) is 12.0. The minimum Gasteiger partial charge on any atom is -0.486 e. The van der Waals surface area contributed by atoms with Gasteiger partial charge in [-0.25, -0.2) is 0 Å². The number of nitrogens with one attached hydrogen (secondary N) is 1. The fourth-order valence-electron chi connectivity index (χ4n) is 3.63. The van der Waals surface area contributed by atoms with Gasteiger partial charge in [0.1, 0.15) is 13.2 Å². The highest BCUT2D eigenvalue weighted by atomic mass is 16.6. The minimum atomic E-state index is 0.0719. The van der Waals surface area contributed by atoms with E-state index >= 15 is 0 Å². The maximum Gasteiger partial charge on any atom is 0.257 e. The number of carbonyl (C=O) groups is 1. The second-order valence-corrected chi connectivity index (χ2v) is 6.05. The predicted molar refractivity (Wildman–Crippen MR) is 77.8 cm³/mol. The number of ether oxygens (including phenoxy) is 2. The molecule has 2 saturated heterocycles. The van der Waals surface area contributed by atoms with Gasteiger partial charge in [0.05, 0.1) is 5.56 Å². The van der Waals surface area contributed by atoms with Gasteiger partial charge in [-0.15, -0.1) is 0 Å². The summed E-state index contributed by atoms with van der Waals surface area (Å²) in [5.41, 5.74) is 0.636. The van der Waals surface area contributed by atoms with Gasteiger partial charge in [-0.05, 0) is 43.5 Å². The lowest BCUT2D eigenvalue weighted by Gasteiger charge is -2.35. The number of fused-ring (bicyclic) bond motifs is 2. The Bertz CT molecular complexity index is 560. The summed E-state index contributed by atoms with van der Waals surface area (Å²) in [7, 11) is 0. The SMILES string of the molecule is O=C(c1cccc2c1OCCO2)N1CCC2CNCC2C1. The number of benzene rings is 1. The van der Waals surface area contributed by atoms with Crippen molar-refractivity contribution in [2.45, 2.75) is 6.42 Å². The van der Waals surface area contributed by atoms with E-state index in [0.29, 0.717) is 36.2 Å². The Morgan fingerprint density at radius 2 is 2.05 bits per heavy atom. The van der Waals surface area contributed by atoms with E-state index in [4.69, 9.17) is 9.47 Å². The molecule has 21 heavy (non-hydrogen) atoms. The van der Waals surface area contributed by atoms with Gasteiger partial charge in [-0.3, -0.25) is 4.79 Å². The molecule has 2 unspecified atom stereocenters. The molecule has 2 fully saturated rings. The molecule has 0 aromatic heterocycles. The van der Waals surface area contributed by atoms with Crippen molar-refractivity contribution in [2.24, 2.45) is 11.8 Å². The van der Waals surface area contributed by atoms with Crippen LogP contribution in [-0.4, -0.2) is 50.2 Å². The van der Waals surface area contributed by atoms with Crippen molar-refractivity contribution in [3.05, 3.63) is 23.8 Å². The number of amides is 1. The van der Waals surface area contributed by atoms with E-state index in [1.165, 1.54) is 0 Å². The van der Waals surface area contributed by atoms with Crippen molar-refractivity contribution >= 4 is 5.91 Å². The summed E-state index contributed by atoms with van der Waals surface area (Å²) in [6.07, 6.45) is 1.09. The molecule has 2 atom stereocenters. The van der Waals surface area contributed by atoms with E-state index in [-0.39, 0.29) is 5.91 Å². The van der Waals surface area contributed by atoms with Crippen LogP contribution >= 0.6 is 0 Å². The molecule has 3 aliphatic heterocycles. The molecule has 1 aromatic rings. The Morgan fingerprint density at radius 1 is 1.19 bits per heavy atom. The zero-order chi connectivity index (χ0) is 14.2. The molecular weight excluding hydrogens is 268 g/mol. The number of piperidine rings is 1. The molecule has 1 aromatic carbocycles. The van der Waals surface area contributed by atoms with Gasteiger partial charge in [0.15, 0.2) is 11.5 Å². The van der Waals surface area contributed by atoms with Gasteiger partial charge in [0.25, 0.3) is 5.91 Å². The van der Waals surface area contributed by atoms with Crippen molar-refractivity contribution in [1.82, 2.24) is 10.2 Å². The molecule has 1 amide bonds. The summed E-state index contributed by atoms with van der Waals surface area (Å²) < 4.78 is 11.2. The first kappa shape index (κ1) is 13.0. The first-order valence-corrected chi connectivity index (χ1v) is 7.71. The van der Waals surface area contributed by atoms with Crippen LogP contribution in [0, 0.1) is 11.8 Å². The van der Waals surface area contributed by atoms with Crippen LogP contribution in [0.25, 0.3) is 0 Å². The van der Waals surface area contributed by atoms with Crippen LogP contribution < -0.4 is 14.8 Å². The minimum absolute atomic E-state index is 0.0719. The third kappa shape index (κ3) is 2.25. The monoisotopic (exact) mass is 288 g/mol. The molecule has 0 spiro atoms. The summed E-state index contributed by atoms with van der Waals surface area (Å²) in [5.74, 6) is 2.70. The Balaban J connectivity index is 1.57. The number of nitrogens with zero attached hydrogens (tertiary/aromatic N) is 1. The van der Waals surface area contributed by atoms with Crippen molar-refractivity contribution in [2.75, 3.05) is 39.4 Å². The lowest BCUT2D eigenvalue weighted by molar-refractivity contribution is 0.0633. The molecule has 0 bridgehead atoms. The van der Waals surface area contributed by atoms with E-state index in [1.807, 2.05) is 23.1 Å². The van der Waals surface area contributed by atoms with Gasteiger partial charge in [0, 0.05) is 13.1 Å². The Hall–Kier alpha value is -1.75. The fourth-order valence-corrected chi connectivity index (χ4v) is 3.63. The van der Waals surface area contributed by atoms with Crippen LogP contribution in [0.2, 0.25) is 0 Å². The Kier molecular flexibility index (Phi) is 3.22. The third-order valence-electron chi connectivity index (χ3n) is 4.79. The lowest BCUT2D eigenvalue weighted by atomic mass is 9.88. The molecule has 3 heterocycles. The number of carbonyl (C=O) groups excluding carboxylic acids is 1. The zero-order valence-electron chi connectivity index (χ0n) is 12.0. The summed E-state index contributed by atoms with van der Waals surface area (Å²) in [5, 5.41) is 3.43. The van der Waals surface area contributed by atoms with Crippen LogP contribution in [0.3, 0.4) is 0 Å². The summed E-state index contributed by atoms with van der Waals surface area (Å²) in [6, 6.07) is 5.57. The Labute approximate surface area is 124 Å². The van der Waals surface area contributed by atoms with Gasteiger partial charge < -0.3 is 19.7 Å². The fraction of sp³-hybridized carbons (Fsp3) is 0.562. The standard InChI is InChI=1S/C16H20N2O3/c19-16(18-5-4-11-8-17-9-12(11)10-18)13-2-1-3-14-15(13)21-7-6-20-14/h1-3,11-12,17H,4-10H2. The smallest absolute Gasteiger partial charge is 0.257 e. The van der Waals surface area contributed by atoms with Crippen molar-refractivity contribution in [1.29, 1.82) is 0 Å². The van der Waals surface area contributed by atoms with E-state index in [0.717, 1.165) is 38.5 Å². The first-order chi connectivity index (χ1) is 10.3. The van der Waals surface area contributed by atoms with Crippen molar-refractivity contribution in [3.63, 3.8) is 0 Å². The molecule has 0 radical (unpaired) electrons. The molecule has 112 valence electrons. The highest BCUT2D eigenvalue weighted by Gasteiger charge is 2.35. The van der Waals surface area contributed by atoms with Crippen LogP contribution in [-0.2, 0) is 0 Å². The number of rotatable bonds is 1. The predicted octanol–water partition coefficient (Wildman–Crippen LogP) is 1.14. The van der Waals surface area contributed by atoms with Gasteiger partial charge in [-0.1, -0.05) is 6.07 Å². The number of hydrogen-bond donors (Lipinski definition) is 1. The van der Waals surface area contributed by atoms with Gasteiger partial charge >= 0.3 is 0 Å². The van der Waals surface area contributed by atoms with E-state index in [2.05, 4.69) is 5.32 Å². The van der Waals surface area contributed by atoms with Crippen molar-refractivity contribution < 1.29 is 14.3 Å². The Morgan fingerprint density at radius 3 is 3.00 bits per heavy atom. The highest BCUT2D eigenvalue weighted by Crippen LogP contribution is 2.35. The summed E-state index contributed by atoms with van der Waals surface area (Å²) >= 11 is 0. The van der Waals surface area contributed by atoms with E-state index < -0.39 is 0 Å². The molecule has 3 aliphatic rings. The average Bonchev–Trinajstić information content (AvgIpc) is 3.01. The van der Waals surface area contributed by atoms with Gasteiger partial charge in [0.2, 0.25) is 0 Å². The van der Waals surface area contributed by atoms with Gasteiger partial charge in [-0.2, -0.15) is 0 Å². The quantitative estimate of drug-likeness (QED) is 0.842. The number of para-hydroxylation sites is 1. The number of likely N-dealkylation sites (tertiary alicyclic amines) is 1. The second-order valence-electron chi connectivity index (χ2n) is 6.05. The topological polar surface area (TPSA) is 50.8 Å². The average molecular weight is 288 g/mol. The van der Waals surface area contributed by atoms with Crippen LogP contribution in [0.15, 0.2) is 18.2 Å². The lowest BCUT2D eigenvalue weighted by Crippen LogP contribution is -2.43. The van der Waals surface area contributed by atoms with E-state index in [1.54, 1.807) is 0 Å². The number of hydrogen-bond acceptors (Lipinski definition) is 4. The molecular formula is C16H20N2O3. The maximum absolute atomic E-state index is 12.8. The first-order valence-electron chi connectivity index (χ1n) is 7.71. The third-order valence-corrected chi connectivity index (χ3v) is 4.79. The maximum atomic E-state index is 12.8. The van der Waals surface area contributed by atoms with Crippen molar-refractivity contribution in [3.8, 4) is 11.5 Å². The van der Waals surface area contributed by atoms with Crippen LogP contribution in [0.4, 0.5) is 0 Å². The normalized spacial score (nSPS) is 27.3. The molecule has 5 heteroatoms. The van der Waals surface area contributed by atoms with Crippen LogP contribution in [0.5, 0.6) is 11.5 Å². The molecule has 5 nitrogen and oxygen atoms in total. The molecule has 4 rings (SSSR count). The molecule has 0 saturated carbocycles. The molecule has 1 N–H and O–H groups in total. The highest BCUT2D eigenvalue weighted by molar-refractivity contribution is 5.98. The van der Waals surface area contributed by atoms with Crippen LogP contribution in [0.1, 0.15) is 16.8 Å².